The number of carbonyl (C=O) groups is 1. The number of carbonyl (C=O) groups excluding carboxylic acids is 1. The van der Waals surface area contributed by atoms with E-state index < -0.39 is 0 Å². The number of guanidine groups is 1. The van der Waals surface area contributed by atoms with Gasteiger partial charge in [-0.05, 0) is 18.2 Å². The number of benzene rings is 1. The van der Waals surface area contributed by atoms with Gasteiger partial charge in [-0.3, -0.25) is 9.79 Å². The Morgan fingerprint density at radius 3 is 2.61 bits per heavy atom. The molecule has 0 aliphatic heterocycles. The summed E-state index contributed by atoms with van der Waals surface area (Å²) in [5, 5.41) is 8.75. The fraction of sp³-hybridized carbons (Fsp3) is 0.250. The van der Waals surface area contributed by atoms with Gasteiger partial charge in [0, 0.05) is 32.2 Å². The predicted molar refractivity (Wildman–Crippen MR) is 85.6 cm³/mol. The molecule has 0 radical (unpaired) electrons. The predicted octanol–water partition coefficient (Wildman–Crippen LogP) is 1.51. The molecule has 1 aromatic heterocycles. The third kappa shape index (κ3) is 5.14. The largest absolute Gasteiger partial charge is 0.459 e. The highest BCUT2D eigenvalue weighted by Crippen LogP contribution is 2.05. The zero-order chi connectivity index (χ0) is 16.5. The lowest BCUT2D eigenvalue weighted by Crippen LogP contribution is -2.41. The molecule has 0 atom stereocenters. The Morgan fingerprint density at radius 1 is 1.13 bits per heavy atom. The monoisotopic (exact) mass is 318 g/mol. The van der Waals surface area contributed by atoms with Crippen molar-refractivity contribution in [3.63, 3.8) is 0 Å². The topological polar surface area (TPSA) is 78.7 Å². The average molecular weight is 318 g/mol. The summed E-state index contributed by atoms with van der Waals surface area (Å²) in [5.74, 6) is 0.264. The number of aliphatic imine (C=N–C) groups is 1. The number of rotatable bonds is 6. The maximum Gasteiger partial charge on any atom is 0.287 e. The van der Waals surface area contributed by atoms with Crippen LogP contribution in [0.1, 0.15) is 16.1 Å². The Balaban J connectivity index is 1.69. The second kappa shape index (κ2) is 8.57. The zero-order valence-corrected chi connectivity index (χ0v) is 12.8. The van der Waals surface area contributed by atoms with E-state index in [0.717, 1.165) is 0 Å². The fourth-order valence-electron chi connectivity index (χ4n) is 1.89. The van der Waals surface area contributed by atoms with Crippen LogP contribution in [0.3, 0.4) is 0 Å². The highest BCUT2D eigenvalue weighted by atomic mass is 19.1. The molecular weight excluding hydrogens is 299 g/mol. The van der Waals surface area contributed by atoms with Crippen molar-refractivity contribution < 1.29 is 13.6 Å². The molecule has 1 heterocycles. The van der Waals surface area contributed by atoms with E-state index in [0.29, 0.717) is 31.2 Å². The molecule has 0 aliphatic rings. The molecule has 1 amide bonds. The smallest absolute Gasteiger partial charge is 0.287 e. The normalized spacial score (nSPS) is 11.1. The molecule has 122 valence electrons. The molecule has 0 fully saturated rings. The van der Waals surface area contributed by atoms with Crippen LogP contribution in [0.25, 0.3) is 0 Å². The Labute approximate surface area is 133 Å². The van der Waals surface area contributed by atoms with Crippen molar-refractivity contribution >= 4 is 11.9 Å². The first kappa shape index (κ1) is 16.5. The molecule has 2 aromatic rings. The molecular formula is C16H19FN4O2. The molecule has 0 spiro atoms. The van der Waals surface area contributed by atoms with Gasteiger partial charge in [-0.25, -0.2) is 4.39 Å². The molecule has 23 heavy (non-hydrogen) atoms. The van der Waals surface area contributed by atoms with Crippen molar-refractivity contribution in [2.24, 2.45) is 4.99 Å². The summed E-state index contributed by atoms with van der Waals surface area (Å²) in [5.41, 5.74) is 0.557. The van der Waals surface area contributed by atoms with E-state index in [1.807, 2.05) is 0 Å². The summed E-state index contributed by atoms with van der Waals surface area (Å²) < 4.78 is 18.5. The molecule has 7 heteroatoms. The van der Waals surface area contributed by atoms with E-state index in [4.69, 9.17) is 4.42 Å². The summed E-state index contributed by atoms with van der Waals surface area (Å²) in [6, 6.07) is 9.80. The Kier molecular flexibility index (Phi) is 6.17. The summed E-state index contributed by atoms with van der Waals surface area (Å²) in [4.78, 5) is 15.7. The number of amides is 1. The number of halogens is 1. The molecule has 6 nitrogen and oxygen atoms in total. The van der Waals surface area contributed by atoms with Crippen molar-refractivity contribution in [1.82, 2.24) is 16.0 Å². The van der Waals surface area contributed by atoms with Crippen LogP contribution in [0, 0.1) is 5.82 Å². The van der Waals surface area contributed by atoms with E-state index in [-0.39, 0.29) is 17.5 Å². The summed E-state index contributed by atoms with van der Waals surface area (Å²) >= 11 is 0. The summed E-state index contributed by atoms with van der Waals surface area (Å²) in [6.07, 6.45) is 1.45. The van der Waals surface area contributed by atoms with Crippen LogP contribution in [0.4, 0.5) is 4.39 Å². The van der Waals surface area contributed by atoms with E-state index in [1.165, 1.54) is 12.3 Å². The van der Waals surface area contributed by atoms with Crippen molar-refractivity contribution in [3.05, 3.63) is 59.8 Å². The van der Waals surface area contributed by atoms with Crippen LogP contribution in [-0.2, 0) is 6.54 Å². The summed E-state index contributed by atoms with van der Waals surface area (Å²) in [7, 11) is 1.62. The number of hydrogen-bond acceptors (Lipinski definition) is 3. The minimum Gasteiger partial charge on any atom is -0.459 e. The third-order valence-corrected chi connectivity index (χ3v) is 3.08. The highest BCUT2D eigenvalue weighted by molar-refractivity contribution is 5.91. The van der Waals surface area contributed by atoms with E-state index in [9.17, 15) is 9.18 Å². The van der Waals surface area contributed by atoms with Crippen molar-refractivity contribution in [2.75, 3.05) is 20.1 Å². The molecule has 3 N–H and O–H groups in total. The van der Waals surface area contributed by atoms with Gasteiger partial charge in [-0.15, -0.1) is 0 Å². The maximum absolute atomic E-state index is 13.5. The van der Waals surface area contributed by atoms with Gasteiger partial charge < -0.3 is 20.4 Å². The Bertz CT molecular complexity index is 656. The number of hydrogen-bond donors (Lipinski definition) is 3. The van der Waals surface area contributed by atoms with E-state index in [2.05, 4.69) is 20.9 Å². The lowest BCUT2D eigenvalue weighted by Gasteiger charge is -2.12. The lowest BCUT2D eigenvalue weighted by atomic mass is 10.2. The van der Waals surface area contributed by atoms with Crippen molar-refractivity contribution in [1.29, 1.82) is 0 Å². The molecule has 0 aliphatic carbocycles. The van der Waals surface area contributed by atoms with Crippen molar-refractivity contribution in [2.45, 2.75) is 6.54 Å². The molecule has 0 bridgehead atoms. The molecule has 0 saturated heterocycles. The van der Waals surface area contributed by atoms with Crippen LogP contribution in [0.2, 0.25) is 0 Å². The second-order valence-electron chi connectivity index (χ2n) is 4.68. The van der Waals surface area contributed by atoms with Gasteiger partial charge in [0.15, 0.2) is 11.7 Å². The Hall–Kier alpha value is -2.83. The van der Waals surface area contributed by atoms with E-state index in [1.54, 1.807) is 37.4 Å². The molecule has 0 unspecified atom stereocenters. The minimum atomic E-state index is -0.272. The van der Waals surface area contributed by atoms with Crippen LogP contribution in [-0.4, -0.2) is 32.0 Å². The van der Waals surface area contributed by atoms with Crippen LogP contribution in [0.5, 0.6) is 0 Å². The number of furan rings is 1. The molecule has 2 rings (SSSR count). The van der Waals surface area contributed by atoms with Crippen molar-refractivity contribution in [3.8, 4) is 0 Å². The van der Waals surface area contributed by atoms with Gasteiger partial charge in [-0.1, -0.05) is 18.2 Å². The first-order chi connectivity index (χ1) is 11.2. The molecule has 0 saturated carbocycles. The average Bonchev–Trinajstić information content (AvgIpc) is 3.10. The SMILES string of the molecule is CN=C(NCCNC(=O)c1ccco1)NCc1ccccc1F. The van der Waals surface area contributed by atoms with Gasteiger partial charge in [-0.2, -0.15) is 0 Å². The molecule has 1 aromatic carbocycles. The minimum absolute atomic E-state index is 0.263. The van der Waals surface area contributed by atoms with E-state index >= 15 is 0 Å². The maximum atomic E-state index is 13.5. The fourth-order valence-corrected chi connectivity index (χ4v) is 1.89. The quantitative estimate of drug-likeness (QED) is 0.429. The van der Waals surface area contributed by atoms with Gasteiger partial charge in [0.05, 0.1) is 6.26 Å². The standard InChI is InChI=1S/C16H19FN4O2/c1-18-16(21-11-12-5-2-3-6-13(12)17)20-9-8-19-15(22)14-7-4-10-23-14/h2-7,10H,8-9,11H2,1H3,(H,19,22)(H2,18,20,21). The highest BCUT2D eigenvalue weighted by Gasteiger charge is 2.07. The third-order valence-electron chi connectivity index (χ3n) is 3.08. The van der Waals surface area contributed by atoms with Gasteiger partial charge >= 0.3 is 0 Å². The van der Waals surface area contributed by atoms with Gasteiger partial charge in [0.1, 0.15) is 5.82 Å². The van der Waals surface area contributed by atoms with Gasteiger partial charge in [0.25, 0.3) is 5.91 Å². The lowest BCUT2D eigenvalue weighted by molar-refractivity contribution is 0.0926. The van der Waals surface area contributed by atoms with Crippen LogP contribution in [0.15, 0.2) is 52.1 Å². The second-order valence-corrected chi connectivity index (χ2v) is 4.68. The number of nitrogens with zero attached hydrogens (tertiary/aromatic N) is 1. The Morgan fingerprint density at radius 2 is 1.91 bits per heavy atom. The summed E-state index contributed by atoms with van der Waals surface area (Å²) in [6.45, 7) is 1.20. The first-order valence-electron chi connectivity index (χ1n) is 7.20. The van der Waals surface area contributed by atoms with Crippen LogP contribution >= 0.6 is 0 Å². The zero-order valence-electron chi connectivity index (χ0n) is 12.8. The number of nitrogens with one attached hydrogen (secondary N) is 3. The first-order valence-corrected chi connectivity index (χ1v) is 7.20. The van der Waals surface area contributed by atoms with Gasteiger partial charge in [0.2, 0.25) is 0 Å². The van der Waals surface area contributed by atoms with Crippen LogP contribution < -0.4 is 16.0 Å².